The van der Waals surface area contributed by atoms with E-state index in [0.29, 0.717) is 10.7 Å². The van der Waals surface area contributed by atoms with Crippen LogP contribution in [0.3, 0.4) is 0 Å². The quantitative estimate of drug-likeness (QED) is 0.505. The van der Waals surface area contributed by atoms with E-state index in [0.717, 1.165) is 27.5 Å². The van der Waals surface area contributed by atoms with Crippen LogP contribution in [-0.2, 0) is 4.74 Å². The van der Waals surface area contributed by atoms with E-state index in [1.54, 1.807) is 24.5 Å². The van der Waals surface area contributed by atoms with Crippen LogP contribution in [0.5, 0.6) is 0 Å². The zero-order valence-corrected chi connectivity index (χ0v) is 12.3. The highest BCUT2D eigenvalue weighted by Crippen LogP contribution is 2.29. The Balaban J connectivity index is 2.16. The third kappa shape index (κ3) is 1.76. The maximum atomic E-state index is 11.7. The van der Waals surface area contributed by atoms with Crippen molar-refractivity contribution in [1.82, 2.24) is 14.4 Å². The zero-order chi connectivity index (χ0) is 15.3. The SMILES string of the molecule is COC(=O)c1ccc2c(c1)cc1c(Cl)nc3ccncc3n12. The molecule has 0 saturated carbocycles. The molecule has 0 N–H and O–H groups in total. The number of halogens is 1. The summed E-state index contributed by atoms with van der Waals surface area (Å²) < 4.78 is 6.75. The summed E-state index contributed by atoms with van der Waals surface area (Å²) in [5.41, 5.74) is 3.84. The van der Waals surface area contributed by atoms with Crippen molar-refractivity contribution in [2.24, 2.45) is 0 Å². The van der Waals surface area contributed by atoms with Crippen molar-refractivity contribution in [1.29, 1.82) is 0 Å². The molecule has 3 heterocycles. The van der Waals surface area contributed by atoms with Gasteiger partial charge in [-0.15, -0.1) is 0 Å². The second-order valence-corrected chi connectivity index (χ2v) is 5.26. The largest absolute Gasteiger partial charge is 0.465 e. The van der Waals surface area contributed by atoms with Crippen molar-refractivity contribution in [3.63, 3.8) is 0 Å². The number of nitrogens with zero attached hydrogens (tertiary/aromatic N) is 3. The molecule has 0 aliphatic carbocycles. The first kappa shape index (κ1) is 13.0. The van der Waals surface area contributed by atoms with E-state index in [1.165, 1.54) is 7.11 Å². The topological polar surface area (TPSA) is 56.5 Å². The highest BCUT2D eigenvalue weighted by molar-refractivity contribution is 6.33. The lowest BCUT2D eigenvalue weighted by Crippen LogP contribution is -2.00. The number of benzene rings is 1. The third-order valence-electron chi connectivity index (χ3n) is 3.67. The minimum atomic E-state index is -0.368. The molecule has 4 rings (SSSR count). The Labute approximate surface area is 130 Å². The lowest BCUT2D eigenvalue weighted by molar-refractivity contribution is 0.0601. The van der Waals surface area contributed by atoms with E-state index in [-0.39, 0.29) is 5.97 Å². The minimum Gasteiger partial charge on any atom is -0.465 e. The molecule has 6 heteroatoms. The maximum Gasteiger partial charge on any atom is 0.337 e. The minimum absolute atomic E-state index is 0.368. The molecule has 0 bridgehead atoms. The first-order valence-electron chi connectivity index (χ1n) is 6.62. The summed E-state index contributed by atoms with van der Waals surface area (Å²) >= 11 is 6.29. The van der Waals surface area contributed by atoms with Crippen molar-refractivity contribution < 1.29 is 9.53 Å². The standard InChI is InChI=1S/C16H10ClN3O2/c1-22-16(21)9-2-3-12-10(6-9)7-13-15(17)19-11-4-5-18-8-14(11)20(12)13/h2-8H,1H3. The summed E-state index contributed by atoms with van der Waals surface area (Å²) in [5.74, 6) is -0.368. The fourth-order valence-electron chi connectivity index (χ4n) is 2.68. The number of methoxy groups -OCH3 is 1. The predicted molar refractivity (Wildman–Crippen MR) is 84.3 cm³/mol. The number of ether oxygens (including phenoxy) is 1. The van der Waals surface area contributed by atoms with Gasteiger partial charge >= 0.3 is 5.97 Å². The van der Waals surface area contributed by atoms with E-state index < -0.39 is 0 Å². The van der Waals surface area contributed by atoms with Gasteiger partial charge in [-0.2, -0.15) is 0 Å². The molecule has 0 saturated heterocycles. The number of fused-ring (bicyclic) bond motifs is 5. The zero-order valence-electron chi connectivity index (χ0n) is 11.6. The smallest absolute Gasteiger partial charge is 0.337 e. The van der Waals surface area contributed by atoms with Crippen LogP contribution in [0.25, 0.3) is 27.5 Å². The summed E-state index contributed by atoms with van der Waals surface area (Å²) in [6.45, 7) is 0. The number of hydrogen-bond donors (Lipinski definition) is 0. The molecule has 0 aliphatic rings. The van der Waals surface area contributed by atoms with Gasteiger partial charge in [-0.05, 0) is 30.3 Å². The molecular weight excluding hydrogens is 302 g/mol. The van der Waals surface area contributed by atoms with Crippen molar-refractivity contribution in [3.8, 4) is 0 Å². The highest BCUT2D eigenvalue weighted by Gasteiger charge is 2.13. The van der Waals surface area contributed by atoms with Crippen molar-refractivity contribution in [2.45, 2.75) is 0 Å². The highest BCUT2D eigenvalue weighted by atomic mass is 35.5. The van der Waals surface area contributed by atoms with Crippen LogP contribution in [0.15, 0.2) is 42.7 Å². The Bertz CT molecular complexity index is 1060. The number of aromatic nitrogens is 3. The van der Waals surface area contributed by atoms with Crippen LogP contribution in [0.2, 0.25) is 5.15 Å². The van der Waals surface area contributed by atoms with Crippen LogP contribution in [-0.4, -0.2) is 27.4 Å². The molecule has 0 amide bonds. The van der Waals surface area contributed by atoms with Crippen LogP contribution in [0.1, 0.15) is 10.4 Å². The second-order valence-electron chi connectivity index (χ2n) is 4.90. The molecule has 0 unspecified atom stereocenters. The van der Waals surface area contributed by atoms with E-state index in [9.17, 15) is 4.79 Å². The number of esters is 1. The Morgan fingerprint density at radius 1 is 1.18 bits per heavy atom. The molecule has 0 aliphatic heterocycles. The van der Waals surface area contributed by atoms with E-state index in [4.69, 9.17) is 16.3 Å². The molecule has 5 nitrogen and oxygen atoms in total. The van der Waals surface area contributed by atoms with E-state index in [1.807, 2.05) is 22.6 Å². The first-order valence-corrected chi connectivity index (χ1v) is 6.99. The fraction of sp³-hybridized carbons (Fsp3) is 0.0625. The number of pyridine rings is 1. The molecule has 0 atom stereocenters. The monoisotopic (exact) mass is 311 g/mol. The Hall–Kier alpha value is -2.66. The van der Waals surface area contributed by atoms with Crippen molar-refractivity contribution >= 4 is 45.0 Å². The van der Waals surface area contributed by atoms with Crippen molar-refractivity contribution in [2.75, 3.05) is 7.11 Å². The van der Waals surface area contributed by atoms with Crippen LogP contribution in [0.4, 0.5) is 0 Å². The molecular formula is C16H10ClN3O2. The van der Waals surface area contributed by atoms with Crippen LogP contribution >= 0.6 is 11.6 Å². The predicted octanol–water partition coefficient (Wildman–Crippen LogP) is 3.48. The maximum absolute atomic E-state index is 11.7. The van der Waals surface area contributed by atoms with Crippen LogP contribution in [0, 0.1) is 0 Å². The van der Waals surface area contributed by atoms with Gasteiger partial charge in [0.05, 0.1) is 40.9 Å². The summed E-state index contributed by atoms with van der Waals surface area (Å²) in [7, 11) is 1.36. The molecule has 0 fully saturated rings. The Morgan fingerprint density at radius 3 is 2.86 bits per heavy atom. The summed E-state index contributed by atoms with van der Waals surface area (Å²) in [5, 5.41) is 1.30. The van der Waals surface area contributed by atoms with Crippen LogP contribution < -0.4 is 0 Å². The van der Waals surface area contributed by atoms with E-state index in [2.05, 4.69) is 9.97 Å². The van der Waals surface area contributed by atoms with Gasteiger partial charge in [-0.25, -0.2) is 9.78 Å². The molecule has 0 radical (unpaired) electrons. The van der Waals surface area contributed by atoms with E-state index >= 15 is 0 Å². The second kappa shape index (κ2) is 4.68. The van der Waals surface area contributed by atoms with Crippen molar-refractivity contribution in [3.05, 3.63) is 53.4 Å². The molecule has 22 heavy (non-hydrogen) atoms. The lowest BCUT2D eigenvalue weighted by atomic mass is 10.1. The van der Waals surface area contributed by atoms with Gasteiger partial charge in [0.25, 0.3) is 0 Å². The molecule has 0 spiro atoms. The average Bonchev–Trinajstić information content (AvgIpc) is 2.93. The number of carbonyl (C=O) groups excluding carboxylic acids is 1. The van der Waals surface area contributed by atoms with Gasteiger partial charge in [0, 0.05) is 11.6 Å². The lowest BCUT2D eigenvalue weighted by Gasteiger charge is -2.05. The summed E-state index contributed by atoms with van der Waals surface area (Å²) in [6.07, 6.45) is 3.43. The summed E-state index contributed by atoms with van der Waals surface area (Å²) in [4.78, 5) is 20.2. The van der Waals surface area contributed by atoms with Gasteiger partial charge in [-0.3, -0.25) is 4.98 Å². The molecule has 3 aromatic heterocycles. The van der Waals surface area contributed by atoms with Gasteiger partial charge in [-0.1, -0.05) is 11.6 Å². The first-order chi connectivity index (χ1) is 10.7. The number of hydrogen-bond acceptors (Lipinski definition) is 4. The number of rotatable bonds is 1. The number of carbonyl (C=O) groups is 1. The molecule has 4 aromatic rings. The van der Waals surface area contributed by atoms with Gasteiger partial charge < -0.3 is 9.14 Å². The summed E-state index contributed by atoms with van der Waals surface area (Å²) in [6, 6.07) is 9.11. The Morgan fingerprint density at radius 2 is 2.05 bits per heavy atom. The normalized spacial score (nSPS) is 11.4. The van der Waals surface area contributed by atoms with Gasteiger partial charge in [0.15, 0.2) is 5.15 Å². The fourth-order valence-corrected chi connectivity index (χ4v) is 2.91. The third-order valence-corrected chi connectivity index (χ3v) is 3.95. The average molecular weight is 312 g/mol. The molecule has 1 aromatic carbocycles. The van der Waals surface area contributed by atoms with Gasteiger partial charge in [0.2, 0.25) is 0 Å². The van der Waals surface area contributed by atoms with Gasteiger partial charge in [0.1, 0.15) is 0 Å². The Kier molecular flexibility index (Phi) is 2.77. The molecule has 108 valence electrons.